The Bertz CT molecular complexity index is 973. The van der Waals surface area contributed by atoms with Gasteiger partial charge in [-0.25, -0.2) is 9.97 Å². The molecule has 35 heavy (non-hydrogen) atoms. The lowest BCUT2D eigenvalue weighted by Crippen LogP contribution is -2.57. The van der Waals surface area contributed by atoms with Crippen molar-refractivity contribution in [2.75, 3.05) is 43.5 Å². The maximum Gasteiger partial charge on any atom is 0.227 e. The van der Waals surface area contributed by atoms with Crippen molar-refractivity contribution in [3.05, 3.63) is 48.3 Å². The van der Waals surface area contributed by atoms with Crippen molar-refractivity contribution in [1.82, 2.24) is 14.9 Å². The second-order valence-corrected chi connectivity index (χ2v) is 9.01. The summed E-state index contributed by atoms with van der Waals surface area (Å²) in [6, 6.07) is 7.40. The zero-order valence-corrected chi connectivity index (χ0v) is 21.4. The number of rotatable bonds is 4. The molecule has 0 bridgehead atoms. The van der Waals surface area contributed by atoms with Gasteiger partial charge in [-0.15, -0.1) is 6.58 Å². The van der Waals surface area contributed by atoms with Crippen LogP contribution in [0.1, 0.15) is 55.1 Å². The molecule has 4 aliphatic rings. The second-order valence-electron chi connectivity index (χ2n) is 9.01. The molecule has 1 saturated heterocycles. The first-order chi connectivity index (χ1) is 17.1. The highest BCUT2D eigenvalue weighted by Gasteiger charge is 2.38. The number of nitrogens with zero attached hydrogens (tertiary/aromatic N) is 4. The number of aldehydes is 1. The van der Waals surface area contributed by atoms with E-state index in [1.54, 1.807) is 13.0 Å². The first kappa shape index (κ1) is 26.6. The molecule has 2 aliphatic carbocycles. The first-order valence-electron chi connectivity index (χ1n) is 12.6. The lowest BCUT2D eigenvalue weighted by Gasteiger charge is -2.45. The molecule has 3 heterocycles. The lowest BCUT2D eigenvalue weighted by molar-refractivity contribution is 0.112. The van der Waals surface area contributed by atoms with E-state index in [-0.39, 0.29) is 0 Å². The SMILES string of the molecule is C1CC1.C=CC.CN.Cc1nc(Nc2ccc3c(c2)OCC2CN(C4CC4)CCN32)ncc1C=O. The number of piperazine rings is 1. The molecule has 6 rings (SSSR count). The highest BCUT2D eigenvalue weighted by molar-refractivity contribution is 5.76. The topological polar surface area (TPSA) is 96.6 Å². The van der Waals surface area contributed by atoms with Crippen LogP contribution in [-0.4, -0.2) is 66.5 Å². The number of carbonyl (C=O) groups is 1. The number of nitrogens with one attached hydrogen (secondary N) is 1. The maximum atomic E-state index is 10.9. The number of anilines is 3. The monoisotopic (exact) mass is 480 g/mol. The Morgan fingerprint density at radius 3 is 2.49 bits per heavy atom. The number of hydrogen-bond donors (Lipinski definition) is 2. The normalized spacial score (nSPS) is 19.4. The fourth-order valence-corrected chi connectivity index (χ4v) is 4.02. The van der Waals surface area contributed by atoms with Crippen molar-refractivity contribution in [2.45, 2.75) is 58.0 Å². The predicted octanol–water partition coefficient (Wildman–Crippen LogP) is 4.32. The van der Waals surface area contributed by atoms with Gasteiger partial charge in [0.25, 0.3) is 0 Å². The van der Waals surface area contributed by atoms with Gasteiger partial charge in [-0.05, 0) is 45.9 Å². The highest BCUT2D eigenvalue weighted by Crippen LogP contribution is 2.39. The van der Waals surface area contributed by atoms with Gasteiger partial charge >= 0.3 is 0 Å². The quantitative estimate of drug-likeness (QED) is 0.493. The van der Waals surface area contributed by atoms with Crippen LogP contribution in [0, 0.1) is 6.92 Å². The highest BCUT2D eigenvalue weighted by atomic mass is 16.5. The third-order valence-corrected chi connectivity index (χ3v) is 6.03. The van der Waals surface area contributed by atoms with E-state index in [0.717, 1.165) is 50.0 Å². The Morgan fingerprint density at radius 2 is 1.89 bits per heavy atom. The average Bonchev–Trinajstić information content (AvgIpc) is 3.78. The molecule has 1 atom stereocenters. The fourth-order valence-electron chi connectivity index (χ4n) is 4.02. The number of carbonyl (C=O) groups excluding carboxylic acids is 1. The summed E-state index contributed by atoms with van der Waals surface area (Å²) in [5.41, 5.74) is 7.71. The lowest BCUT2D eigenvalue weighted by atomic mass is 10.1. The number of aromatic nitrogens is 2. The van der Waals surface area contributed by atoms with E-state index in [1.807, 2.05) is 19.1 Å². The number of ether oxygens (including phenoxy) is 1. The molecule has 190 valence electrons. The van der Waals surface area contributed by atoms with Gasteiger partial charge in [0, 0.05) is 43.6 Å². The van der Waals surface area contributed by atoms with Crippen LogP contribution in [0.3, 0.4) is 0 Å². The van der Waals surface area contributed by atoms with Crippen molar-refractivity contribution in [3.8, 4) is 5.75 Å². The van der Waals surface area contributed by atoms with Crippen LogP contribution >= 0.6 is 0 Å². The van der Waals surface area contributed by atoms with Crippen molar-refractivity contribution in [2.24, 2.45) is 5.73 Å². The Balaban J connectivity index is 0.000000376. The molecule has 3 N–H and O–H groups in total. The van der Waals surface area contributed by atoms with Crippen LogP contribution in [0.15, 0.2) is 37.1 Å². The molecule has 0 spiro atoms. The molecule has 3 fully saturated rings. The Labute approximate surface area is 209 Å². The van der Waals surface area contributed by atoms with Crippen molar-refractivity contribution in [1.29, 1.82) is 0 Å². The Morgan fingerprint density at radius 1 is 1.17 bits per heavy atom. The third kappa shape index (κ3) is 7.50. The minimum atomic E-state index is 0.438. The van der Waals surface area contributed by atoms with Gasteiger partial charge in [0.2, 0.25) is 5.95 Å². The smallest absolute Gasteiger partial charge is 0.227 e. The van der Waals surface area contributed by atoms with Gasteiger partial charge in [0.05, 0.1) is 23.0 Å². The number of benzene rings is 1. The van der Waals surface area contributed by atoms with Crippen LogP contribution < -0.4 is 20.7 Å². The molecule has 8 heteroatoms. The van der Waals surface area contributed by atoms with Crippen molar-refractivity contribution in [3.63, 3.8) is 0 Å². The van der Waals surface area contributed by atoms with Gasteiger partial charge in [0.15, 0.2) is 6.29 Å². The summed E-state index contributed by atoms with van der Waals surface area (Å²) in [5.74, 6) is 1.38. The van der Waals surface area contributed by atoms with E-state index in [4.69, 9.17) is 4.74 Å². The first-order valence-corrected chi connectivity index (χ1v) is 12.6. The molecule has 1 aromatic heterocycles. The number of fused-ring (bicyclic) bond motifs is 3. The van der Waals surface area contributed by atoms with Gasteiger partial charge in [-0.1, -0.05) is 25.3 Å². The zero-order chi connectivity index (χ0) is 25.2. The minimum Gasteiger partial charge on any atom is -0.489 e. The Kier molecular flexibility index (Phi) is 10.0. The third-order valence-electron chi connectivity index (χ3n) is 6.03. The van der Waals surface area contributed by atoms with Crippen LogP contribution in [0.5, 0.6) is 5.75 Å². The van der Waals surface area contributed by atoms with Crippen molar-refractivity contribution < 1.29 is 9.53 Å². The van der Waals surface area contributed by atoms with Crippen LogP contribution in [-0.2, 0) is 0 Å². The average molecular weight is 481 g/mol. The summed E-state index contributed by atoms with van der Waals surface area (Å²) in [7, 11) is 1.50. The Hall–Kier alpha value is -2.97. The van der Waals surface area contributed by atoms with E-state index < -0.39 is 0 Å². The molecule has 2 aliphatic heterocycles. The summed E-state index contributed by atoms with van der Waals surface area (Å²) >= 11 is 0. The molecule has 2 saturated carbocycles. The number of allylic oxidation sites excluding steroid dienone is 1. The van der Waals surface area contributed by atoms with E-state index in [9.17, 15) is 4.79 Å². The molecule has 0 amide bonds. The van der Waals surface area contributed by atoms with E-state index in [1.165, 1.54) is 51.0 Å². The minimum absolute atomic E-state index is 0.438. The predicted molar refractivity (Wildman–Crippen MR) is 143 cm³/mol. The fraction of sp³-hybridized carbons (Fsp3) is 0.519. The van der Waals surface area contributed by atoms with Gasteiger partial charge in [-0.2, -0.15) is 0 Å². The summed E-state index contributed by atoms with van der Waals surface area (Å²) in [6.45, 7) is 11.1. The van der Waals surface area contributed by atoms with Gasteiger partial charge in [0.1, 0.15) is 12.4 Å². The second kappa shape index (κ2) is 13.2. The summed E-state index contributed by atoms with van der Waals surface area (Å²) in [6.07, 6.45) is 11.3. The summed E-state index contributed by atoms with van der Waals surface area (Å²) in [4.78, 5) is 24.6. The van der Waals surface area contributed by atoms with E-state index >= 15 is 0 Å². The summed E-state index contributed by atoms with van der Waals surface area (Å²) in [5, 5.41) is 3.20. The number of aryl methyl sites for hydroxylation is 1. The van der Waals surface area contributed by atoms with Crippen LogP contribution in [0.25, 0.3) is 0 Å². The largest absolute Gasteiger partial charge is 0.489 e. The zero-order valence-electron chi connectivity index (χ0n) is 21.4. The molecule has 1 aromatic carbocycles. The molecular formula is C27H40N6O2. The molecule has 0 radical (unpaired) electrons. The van der Waals surface area contributed by atoms with Crippen LogP contribution in [0.2, 0.25) is 0 Å². The standard InChI is InChI=1S/C20H23N5O2.2C3H6.CH5N/c1-13-14(11-26)9-21-20(22-13)23-15-2-5-18-19(8-15)27-12-17-10-24(16-3-4-16)6-7-25(17)18;1-2-3-1;1-3-2;1-2/h2,5,8-9,11,16-17H,3-4,6-7,10,12H2,1H3,(H,21,22,23);1-3H2;3H,1H2,2H3;2H2,1H3. The van der Waals surface area contributed by atoms with Crippen LogP contribution in [0.4, 0.5) is 17.3 Å². The summed E-state index contributed by atoms with van der Waals surface area (Å²) < 4.78 is 6.08. The number of hydrogen-bond acceptors (Lipinski definition) is 8. The number of nitrogens with two attached hydrogens (primary N) is 1. The molecule has 1 unspecified atom stereocenters. The van der Waals surface area contributed by atoms with E-state index in [2.05, 4.69) is 43.5 Å². The van der Waals surface area contributed by atoms with Gasteiger partial charge < -0.3 is 20.7 Å². The maximum absolute atomic E-state index is 10.9. The van der Waals surface area contributed by atoms with E-state index in [0.29, 0.717) is 23.2 Å². The van der Waals surface area contributed by atoms with Gasteiger partial charge in [-0.3, -0.25) is 9.69 Å². The molecule has 2 aromatic rings. The van der Waals surface area contributed by atoms with Crippen molar-refractivity contribution >= 4 is 23.6 Å². The molecular weight excluding hydrogens is 440 g/mol. The molecule has 8 nitrogen and oxygen atoms in total.